The molecule has 0 saturated carbocycles. The van der Waals surface area contributed by atoms with Crippen molar-refractivity contribution in [2.75, 3.05) is 11.4 Å². The molecule has 1 fully saturated rings. The second kappa shape index (κ2) is 3.85. The van der Waals surface area contributed by atoms with Crippen LogP contribution >= 0.6 is 0 Å². The van der Waals surface area contributed by atoms with Crippen molar-refractivity contribution >= 4 is 23.6 Å². The Morgan fingerprint density at radius 3 is 2.65 bits per heavy atom. The van der Waals surface area contributed by atoms with Gasteiger partial charge in [-0.3, -0.25) is 4.79 Å². The summed E-state index contributed by atoms with van der Waals surface area (Å²) in [5, 5.41) is 11.1. The van der Waals surface area contributed by atoms with Crippen molar-refractivity contribution in [2.24, 2.45) is 0 Å². The van der Waals surface area contributed by atoms with E-state index in [-0.39, 0.29) is 12.2 Å². The standard InChI is InChI=1S/C10H7FN2O4/c11-5-1-2-7(6(3-5)9(15)16)13-8(14)4-12-10(13)17/h1-3H,4H2,(H,12,17)(H,15,16). The van der Waals surface area contributed by atoms with Crippen molar-refractivity contribution in [2.45, 2.75) is 0 Å². The molecule has 2 rings (SSSR count). The van der Waals surface area contributed by atoms with Gasteiger partial charge in [-0.15, -0.1) is 0 Å². The first kappa shape index (κ1) is 11.1. The number of hydrogen-bond donors (Lipinski definition) is 2. The van der Waals surface area contributed by atoms with Crippen molar-refractivity contribution in [3.05, 3.63) is 29.6 Å². The van der Waals surface area contributed by atoms with Crippen molar-refractivity contribution in [3.63, 3.8) is 0 Å². The minimum Gasteiger partial charge on any atom is -0.478 e. The fraction of sp³-hybridized carbons (Fsp3) is 0.100. The average molecular weight is 238 g/mol. The van der Waals surface area contributed by atoms with E-state index in [0.29, 0.717) is 4.90 Å². The minimum absolute atomic E-state index is 0.140. The number of carboxylic acids is 1. The van der Waals surface area contributed by atoms with Crippen molar-refractivity contribution < 1.29 is 23.9 Å². The molecule has 1 aliphatic rings. The number of amides is 3. The number of rotatable bonds is 2. The van der Waals surface area contributed by atoms with Crippen LogP contribution in [0.15, 0.2) is 18.2 Å². The molecule has 17 heavy (non-hydrogen) atoms. The van der Waals surface area contributed by atoms with Gasteiger partial charge in [0.25, 0.3) is 5.91 Å². The van der Waals surface area contributed by atoms with Crippen molar-refractivity contribution in [1.29, 1.82) is 0 Å². The highest BCUT2D eigenvalue weighted by Gasteiger charge is 2.32. The molecule has 1 saturated heterocycles. The molecule has 7 heteroatoms. The molecule has 2 N–H and O–H groups in total. The number of urea groups is 1. The van der Waals surface area contributed by atoms with E-state index in [2.05, 4.69) is 5.32 Å². The van der Waals surface area contributed by atoms with Crippen LogP contribution in [-0.4, -0.2) is 29.6 Å². The molecule has 1 aromatic rings. The van der Waals surface area contributed by atoms with Crippen LogP contribution in [0, 0.1) is 5.82 Å². The lowest BCUT2D eigenvalue weighted by Gasteiger charge is -2.14. The number of nitrogens with one attached hydrogen (secondary N) is 1. The Kier molecular flexibility index (Phi) is 2.51. The van der Waals surface area contributed by atoms with Crippen LogP contribution in [0.5, 0.6) is 0 Å². The van der Waals surface area contributed by atoms with Gasteiger partial charge in [-0.2, -0.15) is 0 Å². The van der Waals surface area contributed by atoms with E-state index in [0.717, 1.165) is 18.2 Å². The van der Waals surface area contributed by atoms with E-state index in [4.69, 9.17) is 5.11 Å². The predicted molar refractivity (Wildman–Crippen MR) is 54.2 cm³/mol. The molecule has 3 amide bonds. The van der Waals surface area contributed by atoms with Gasteiger partial charge in [-0.25, -0.2) is 18.9 Å². The summed E-state index contributed by atoms with van der Waals surface area (Å²) in [6.07, 6.45) is 0. The summed E-state index contributed by atoms with van der Waals surface area (Å²) in [5.74, 6) is -2.74. The number of hydrogen-bond acceptors (Lipinski definition) is 3. The first-order valence-corrected chi connectivity index (χ1v) is 4.64. The lowest BCUT2D eigenvalue weighted by Crippen LogP contribution is -2.32. The van der Waals surface area contributed by atoms with Crippen LogP contribution in [0.25, 0.3) is 0 Å². The smallest absolute Gasteiger partial charge is 0.337 e. The molecule has 6 nitrogen and oxygen atoms in total. The molecule has 0 atom stereocenters. The van der Waals surface area contributed by atoms with Crippen LogP contribution in [0.1, 0.15) is 10.4 Å². The second-order valence-corrected chi connectivity index (χ2v) is 3.35. The Bertz CT molecular complexity index is 513. The molecule has 1 heterocycles. The Labute approximate surface area is 94.6 Å². The molecule has 0 unspecified atom stereocenters. The third-order valence-electron chi connectivity index (χ3n) is 2.27. The highest BCUT2D eigenvalue weighted by atomic mass is 19.1. The van der Waals surface area contributed by atoms with E-state index in [1.807, 2.05) is 0 Å². The molecule has 1 aromatic carbocycles. The van der Waals surface area contributed by atoms with Gasteiger partial charge in [0.2, 0.25) is 0 Å². The third kappa shape index (κ3) is 1.82. The molecule has 0 spiro atoms. The van der Waals surface area contributed by atoms with Gasteiger partial charge in [0.1, 0.15) is 5.82 Å². The number of benzene rings is 1. The number of nitrogens with zero attached hydrogens (tertiary/aromatic N) is 1. The number of halogens is 1. The monoisotopic (exact) mass is 238 g/mol. The summed E-state index contributed by atoms with van der Waals surface area (Å²) in [6.45, 7) is -0.199. The Morgan fingerprint density at radius 2 is 2.12 bits per heavy atom. The summed E-state index contributed by atoms with van der Waals surface area (Å²) in [7, 11) is 0. The SMILES string of the molecule is O=C(O)c1cc(F)ccc1N1C(=O)CNC1=O. The molecule has 0 aliphatic carbocycles. The molecule has 0 bridgehead atoms. The zero-order chi connectivity index (χ0) is 12.6. The normalized spacial score (nSPS) is 15.0. The summed E-state index contributed by atoms with van der Waals surface area (Å²) < 4.78 is 12.9. The zero-order valence-electron chi connectivity index (χ0n) is 8.44. The van der Waals surface area contributed by atoms with Crippen LogP contribution in [0.2, 0.25) is 0 Å². The van der Waals surface area contributed by atoms with E-state index in [1.54, 1.807) is 0 Å². The van der Waals surface area contributed by atoms with Gasteiger partial charge >= 0.3 is 12.0 Å². The number of aromatic carboxylic acids is 1. The van der Waals surface area contributed by atoms with Gasteiger partial charge in [0.05, 0.1) is 17.8 Å². The summed E-state index contributed by atoms with van der Waals surface area (Å²) in [5.41, 5.74) is -0.575. The molecular formula is C10H7FN2O4. The van der Waals surface area contributed by atoms with Crippen LogP contribution in [0.4, 0.5) is 14.9 Å². The number of carbonyl (C=O) groups excluding carboxylic acids is 2. The van der Waals surface area contributed by atoms with E-state index in [9.17, 15) is 18.8 Å². The zero-order valence-corrected chi connectivity index (χ0v) is 8.44. The maximum absolute atomic E-state index is 12.9. The van der Waals surface area contributed by atoms with E-state index >= 15 is 0 Å². The van der Waals surface area contributed by atoms with Gasteiger partial charge in [0, 0.05) is 0 Å². The highest BCUT2D eigenvalue weighted by molar-refractivity contribution is 6.21. The topological polar surface area (TPSA) is 86.7 Å². The average Bonchev–Trinajstić information content (AvgIpc) is 2.59. The van der Waals surface area contributed by atoms with Gasteiger partial charge < -0.3 is 10.4 Å². The lowest BCUT2D eigenvalue weighted by molar-refractivity contribution is -0.115. The number of anilines is 1. The molecule has 1 aliphatic heterocycles. The van der Waals surface area contributed by atoms with Crippen LogP contribution < -0.4 is 10.2 Å². The van der Waals surface area contributed by atoms with Gasteiger partial charge in [-0.05, 0) is 18.2 Å². The van der Waals surface area contributed by atoms with Crippen LogP contribution in [0.3, 0.4) is 0 Å². The molecule has 88 valence electrons. The fourth-order valence-corrected chi connectivity index (χ4v) is 1.54. The van der Waals surface area contributed by atoms with Crippen molar-refractivity contribution in [1.82, 2.24) is 5.32 Å². The molecular weight excluding hydrogens is 231 g/mol. The van der Waals surface area contributed by atoms with Gasteiger partial charge in [-0.1, -0.05) is 0 Å². The Balaban J connectivity index is 2.55. The number of imide groups is 1. The summed E-state index contributed by atoms with van der Waals surface area (Å²) >= 11 is 0. The maximum Gasteiger partial charge on any atom is 0.337 e. The number of carbonyl (C=O) groups is 3. The van der Waals surface area contributed by atoms with Gasteiger partial charge in [0.15, 0.2) is 0 Å². The highest BCUT2D eigenvalue weighted by Crippen LogP contribution is 2.23. The number of carboxylic acid groups (broad SMARTS) is 1. The first-order chi connectivity index (χ1) is 8.00. The predicted octanol–water partition coefficient (Wildman–Crippen LogP) is 0.580. The summed E-state index contributed by atoms with van der Waals surface area (Å²) in [6, 6.07) is 2.11. The molecule has 0 aromatic heterocycles. The third-order valence-corrected chi connectivity index (χ3v) is 2.27. The minimum atomic E-state index is -1.41. The Morgan fingerprint density at radius 1 is 1.41 bits per heavy atom. The second-order valence-electron chi connectivity index (χ2n) is 3.35. The summed E-state index contributed by atoms with van der Waals surface area (Å²) in [4.78, 5) is 34.3. The molecule has 0 radical (unpaired) electrons. The first-order valence-electron chi connectivity index (χ1n) is 4.64. The van der Waals surface area contributed by atoms with Crippen LogP contribution in [-0.2, 0) is 4.79 Å². The fourth-order valence-electron chi connectivity index (χ4n) is 1.54. The van der Waals surface area contributed by atoms with E-state index in [1.165, 1.54) is 0 Å². The Hall–Kier alpha value is -2.44. The van der Waals surface area contributed by atoms with E-state index < -0.39 is 29.3 Å². The maximum atomic E-state index is 12.9. The van der Waals surface area contributed by atoms with Crippen molar-refractivity contribution in [3.8, 4) is 0 Å². The quantitative estimate of drug-likeness (QED) is 0.738. The lowest BCUT2D eigenvalue weighted by atomic mass is 10.1. The largest absolute Gasteiger partial charge is 0.478 e.